The number of ketones is 1. The smallest absolute Gasteiger partial charge is 0.271 e. The minimum Gasteiger partial charge on any atom is -0.457 e. The Morgan fingerprint density at radius 1 is 1.28 bits per heavy atom. The van der Waals surface area contributed by atoms with E-state index >= 15 is 0 Å². The van der Waals surface area contributed by atoms with E-state index < -0.39 is 17.9 Å². The highest BCUT2D eigenvalue weighted by molar-refractivity contribution is 6.34. The predicted molar refractivity (Wildman–Crippen MR) is 134 cm³/mol. The van der Waals surface area contributed by atoms with Crippen molar-refractivity contribution >= 4 is 35.3 Å². The van der Waals surface area contributed by atoms with E-state index in [0.29, 0.717) is 34.3 Å². The van der Waals surface area contributed by atoms with Crippen molar-refractivity contribution in [3.8, 4) is 17.4 Å². The van der Waals surface area contributed by atoms with Crippen molar-refractivity contribution in [1.82, 2.24) is 4.90 Å². The minimum atomic E-state index is -0.952. The number of nitriles is 1. The lowest BCUT2D eigenvalue weighted by Gasteiger charge is -2.28. The number of amides is 2. The van der Waals surface area contributed by atoms with Gasteiger partial charge in [0.25, 0.3) is 11.8 Å². The average molecular weight is 511 g/mol. The molecule has 8 nitrogen and oxygen atoms in total. The Bertz CT molecular complexity index is 1280. The quantitative estimate of drug-likeness (QED) is 0.215. The molecule has 1 aliphatic rings. The first-order valence-corrected chi connectivity index (χ1v) is 11.9. The SMILES string of the molecule is CCCCOCC(=O)c1cc(-c2ccc(/C=C3/C(=O)N(CC(C)O)C(=O)C(C#N)=C3C)o2)ccc1Cl. The molecular formula is C27H27ClN2O6. The number of rotatable bonds is 10. The topological polar surface area (TPSA) is 121 Å². The Balaban J connectivity index is 1.90. The molecular weight excluding hydrogens is 484 g/mol. The molecule has 1 aliphatic heterocycles. The van der Waals surface area contributed by atoms with Crippen LogP contribution in [0.3, 0.4) is 0 Å². The number of halogens is 1. The molecule has 2 heterocycles. The number of carbonyl (C=O) groups is 3. The van der Waals surface area contributed by atoms with E-state index in [1.807, 2.05) is 13.0 Å². The average Bonchev–Trinajstić information content (AvgIpc) is 3.31. The van der Waals surface area contributed by atoms with E-state index in [4.69, 9.17) is 20.8 Å². The molecule has 9 heteroatoms. The van der Waals surface area contributed by atoms with Crippen LogP contribution in [0.2, 0.25) is 5.02 Å². The molecule has 1 aromatic heterocycles. The van der Waals surface area contributed by atoms with Gasteiger partial charge in [-0.15, -0.1) is 0 Å². The number of hydrogen-bond acceptors (Lipinski definition) is 7. The number of furan rings is 1. The van der Waals surface area contributed by atoms with Crippen LogP contribution in [0.1, 0.15) is 49.7 Å². The van der Waals surface area contributed by atoms with Crippen molar-refractivity contribution < 1.29 is 28.6 Å². The van der Waals surface area contributed by atoms with Crippen LogP contribution < -0.4 is 0 Å². The second-order valence-corrected chi connectivity index (χ2v) is 8.87. The molecule has 2 amide bonds. The molecule has 0 fully saturated rings. The van der Waals surface area contributed by atoms with Gasteiger partial charge < -0.3 is 14.3 Å². The molecule has 0 radical (unpaired) electrons. The van der Waals surface area contributed by atoms with Gasteiger partial charge in [0, 0.05) is 23.3 Å². The molecule has 1 atom stereocenters. The third kappa shape index (κ3) is 6.00. The first kappa shape index (κ1) is 27.1. The molecule has 1 aromatic carbocycles. The van der Waals surface area contributed by atoms with Crippen LogP contribution in [0.4, 0.5) is 0 Å². The summed E-state index contributed by atoms with van der Waals surface area (Å²) in [5, 5.41) is 19.5. The van der Waals surface area contributed by atoms with Gasteiger partial charge in [0.1, 0.15) is 29.8 Å². The largest absolute Gasteiger partial charge is 0.457 e. The molecule has 188 valence electrons. The Morgan fingerprint density at radius 2 is 2.03 bits per heavy atom. The van der Waals surface area contributed by atoms with Gasteiger partial charge in [-0.2, -0.15) is 5.26 Å². The summed E-state index contributed by atoms with van der Waals surface area (Å²) < 4.78 is 11.3. The zero-order valence-electron chi connectivity index (χ0n) is 20.3. The van der Waals surface area contributed by atoms with Gasteiger partial charge in [-0.3, -0.25) is 19.3 Å². The molecule has 0 saturated heterocycles. The van der Waals surface area contributed by atoms with Crippen LogP contribution in [-0.2, 0) is 14.3 Å². The van der Waals surface area contributed by atoms with Crippen molar-refractivity contribution in [2.45, 2.75) is 39.7 Å². The van der Waals surface area contributed by atoms with E-state index in [-0.39, 0.29) is 35.7 Å². The second-order valence-electron chi connectivity index (χ2n) is 8.47. The van der Waals surface area contributed by atoms with Gasteiger partial charge in [-0.1, -0.05) is 24.9 Å². The number of aliphatic hydroxyl groups excluding tert-OH is 1. The van der Waals surface area contributed by atoms with E-state index in [9.17, 15) is 24.8 Å². The Kier molecular flexibility index (Phi) is 8.99. The van der Waals surface area contributed by atoms with Crippen LogP contribution in [0.5, 0.6) is 0 Å². The van der Waals surface area contributed by atoms with Crippen molar-refractivity contribution in [3.63, 3.8) is 0 Å². The standard InChI is InChI=1S/C27H27ClN2O6/c1-4-5-10-35-15-24(32)21-11-18(6-8-23(21)28)25-9-7-19(36-25)12-20-17(3)22(13-29)27(34)30(26(20)33)14-16(2)31/h6-9,11-12,16,31H,4-5,10,14-15H2,1-3H3/b20-12+. The van der Waals surface area contributed by atoms with Gasteiger partial charge in [0.2, 0.25) is 0 Å². The summed E-state index contributed by atoms with van der Waals surface area (Å²) in [6.07, 6.45) is 2.33. The van der Waals surface area contributed by atoms with Gasteiger partial charge in [0.15, 0.2) is 5.78 Å². The number of Topliss-reactive ketones (excluding diaryl/α,β-unsaturated/α-hetero) is 1. The fourth-order valence-electron chi connectivity index (χ4n) is 3.67. The minimum absolute atomic E-state index is 0.0741. The van der Waals surface area contributed by atoms with Gasteiger partial charge in [-0.05, 0) is 62.2 Å². The molecule has 0 bridgehead atoms. The highest BCUT2D eigenvalue weighted by atomic mass is 35.5. The van der Waals surface area contributed by atoms with Crippen molar-refractivity contribution in [2.75, 3.05) is 19.8 Å². The van der Waals surface area contributed by atoms with Gasteiger partial charge >= 0.3 is 0 Å². The summed E-state index contributed by atoms with van der Waals surface area (Å²) in [6.45, 7) is 5.19. The maximum Gasteiger partial charge on any atom is 0.271 e. The highest BCUT2D eigenvalue weighted by Crippen LogP contribution is 2.31. The predicted octanol–water partition coefficient (Wildman–Crippen LogP) is 4.57. The highest BCUT2D eigenvalue weighted by Gasteiger charge is 2.36. The fourth-order valence-corrected chi connectivity index (χ4v) is 3.89. The maximum atomic E-state index is 13.0. The summed E-state index contributed by atoms with van der Waals surface area (Å²) in [5.41, 5.74) is 1.09. The van der Waals surface area contributed by atoms with E-state index in [1.165, 1.54) is 19.9 Å². The number of nitrogens with zero attached hydrogens (tertiary/aromatic N) is 2. The lowest BCUT2D eigenvalue weighted by atomic mass is 9.94. The third-order valence-electron chi connectivity index (χ3n) is 5.61. The lowest BCUT2D eigenvalue weighted by molar-refractivity contribution is -0.141. The Labute approximate surface area is 214 Å². The number of hydrogen-bond donors (Lipinski definition) is 1. The second kappa shape index (κ2) is 12.0. The zero-order chi connectivity index (χ0) is 26.4. The van der Waals surface area contributed by atoms with Gasteiger partial charge in [-0.25, -0.2) is 0 Å². The Morgan fingerprint density at radius 3 is 2.69 bits per heavy atom. The molecule has 0 spiro atoms. The molecule has 1 unspecified atom stereocenters. The Hall–Kier alpha value is -3.51. The number of benzene rings is 1. The number of unbranched alkanes of at least 4 members (excludes halogenated alkanes) is 1. The first-order valence-electron chi connectivity index (χ1n) is 11.6. The molecule has 0 aliphatic carbocycles. The summed E-state index contributed by atoms with van der Waals surface area (Å²) in [5.74, 6) is -0.871. The van der Waals surface area contributed by atoms with Crippen LogP contribution in [-0.4, -0.2) is 53.5 Å². The fraction of sp³-hybridized carbons (Fsp3) is 0.333. The van der Waals surface area contributed by atoms with Gasteiger partial charge in [0.05, 0.1) is 17.7 Å². The zero-order valence-corrected chi connectivity index (χ0v) is 21.1. The summed E-state index contributed by atoms with van der Waals surface area (Å²) in [6, 6.07) is 10.1. The molecule has 3 rings (SSSR count). The molecule has 2 aromatic rings. The van der Waals surface area contributed by atoms with Crippen molar-refractivity contribution in [2.24, 2.45) is 0 Å². The van der Waals surface area contributed by atoms with Crippen molar-refractivity contribution in [1.29, 1.82) is 5.26 Å². The van der Waals surface area contributed by atoms with Crippen LogP contribution >= 0.6 is 11.6 Å². The molecule has 1 N–H and O–H groups in total. The number of β-amino-alcohol motifs (C(OH)–C–C–N with tert-alkyl or cyclic N) is 1. The normalized spacial score (nSPS) is 16.0. The number of aliphatic hydroxyl groups is 1. The summed E-state index contributed by atoms with van der Waals surface area (Å²) >= 11 is 6.24. The van der Waals surface area contributed by atoms with Crippen LogP contribution in [0.25, 0.3) is 17.4 Å². The van der Waals surface area contributed by atoms with E-state index in [1.54, 1.807) is 30.3 Å². The number of carbonyl (C=O) groups excluding carboxylic acids is 3. The first-order chi connectivity index (χ1) is 17.2. The lowest BCUT2D eigenvalue weighted by Crippen LogP contribution is -2.45. The summed E-state index contributed by atoms with van der Waals surface area (Å²) in [4.78, 5) is 38.9. The third-order valence-corrected chi connectivity index (χ3v) is 5.94. The van der Waals surface area contributed by atoms with E-state index in [2.05, 4.69) is 0 Å². The number of ether oxygens (including phenoxy) is 1. The van der Waals surface area contributed by atoms with Crippen molar-refractivity contribution in [3.05, 3.63) is 63.4 Å². The van der Waals surface area contributed by atoms with E-state index in [0.717, 1.165) is 17.7 Å². The van der Waals surface area contributed by atoms with Crippen LogP contribution in [0.15, 0.2) is 51.5 Å². The maximum absolute atomic E-state index is 13.0. The molecule has 36 heavy (non-hydrogen) atoms. The van der Waals surface area contributed by atoms with Crippen LogP contribution in [0, 0.1) is 11.3 Å². The number of imide groups is 1. The molecule has 0 saturated carbocycles. The monoisotopic (exact) mass is 510 g/mol. The summed E-state index contributed by atoms with van der Waals surface area (Å²) in [7, 11) is 0.